The van der Waals surface area contributed by atoms with Gasteiger partial charge in [0.05, 0.1) is 10.5 Å². The summed E-state index contributed by atoms with van der Waals surface area (Å²) in [6.45, 7) is 6.13. The van der Waals surface area contributed by atoms with Crippen LogP contribution in [0.4, 0.5) is 5.82 Å². The van der Waals surface area contributed by atoms with E-state index in [0.717, 1.165) is 42.3 Å². The van der Waals surface area contributed by atoms with Gasteiger partial charge in [0.15, 0.2) is 0 Å². The maximum absolute atomic E-state index is 4.67. The van der Waals surface area contributed by atoms with Crippen LogP contribution in [0.1, 0.15) is 25.2 Å². The van der Waals surface area contributed by atoms with Crippen LogP contribution < -0.4 is 5.32 Å². The third-order valence-electron chi connectivity index (χ3n) is 3.47. The van der Waals surface area contributed by atoms with Gasteiger partial charge in [-0.15, -0.1) is 0 Å². The summed E-state index contributed by atoms with van der Waals surface area (Å²) >= 11 is 3.49. The number of anilines is 1. The van der Waals surface area contributed by atoms with Gasteiger partial charge in [-0.05, 0) is 56.5 Å². The largest absolute Gasteiger partial charge is 0.369 e. The second-order valence-electron chi connectivity index (χ2n) is 5.07. The average molecular weight is 328 g/mol. The molecule has 19 heavy (non-hydrogen) atoms. The molecule has 1 N–H and O–H groups in total. The molecule has 1 atom stereocenters. The average Bonchev–Trinajstić information content (AvgIpc) is 2.54. The van der Waals surface area contributed by atoms with Crippen molar-refractivity contribution in [2.75, 3.05) is 45.6 Å². The second-order valence-corrected chi connectivity index (χ2v) is 5.92. The van der Waals surface area contributed by atoms with E-state index in [9.17, 15) is 0 Å². The van der Waals surface area contributed by atoms with Gasteiger partial charge >= 0.3 is 0 Å². The minimum atomic E-state index is 0.262. The monoisotopic (exact) mass is 327 g/mol. The Morgan fingerprint density at radius 3 is 2.95 bits per heavy atom. The van der Waals surface area contributed by atoms with Crippen LogP contribution in [0.2, 0.25) is 0 Å². The van der Waals surface area contributed by atoms with E-state index in [1.54, 1.807) is 0 Å². The summed E-state index contributed by atoms with van der Waals surface area (Å²) in [6, 6.07) is 0.262. The third-order valence-corrected chi connectivity index (χ3v) is 4.05. The highest BCUT2D eigenvalue weighted by Crippen LogP contribution is 2.24. The first-order valence-corrected chi connectivity index (χ1v) is 7.56. The highest BCUT2D eigenvalue weighted by atomic mass is 79.9. The van der Waals surface area contributed by atoms with E-state index < -0.39 is 0 Å². The van der Waals surface area contributed by atoms with Gasteiger partial charge in [0.1, 0.15) is 11.6 Å². The number of likely N-dealkylation sites (N-methyl/N-ethyl adjacent to an activating group) is 2. The zero-order valence-corrected chi connectivity index (χ0v) is 13.4. The van der Waals surface area contributed by atoms with Gasteiger partial charge in [0.25, 0.3) is 0 Å². The van der Waals surface area contributed by atoms with Crippen LogP contribution in [0.25, 0.3) is 0 Å². The summed E-state index contributed by atoms with van der Waals surface area (Å²) in [5.41, 5.74) is 0. The van der Waals surface area contributed by atoms with E-state index in [-0.39, 0.29) is 6.04 Å². The molecule has 5 nitrogen and oxygen atoms in total. The highest BCUT2D eigenvalue weighted by molar-refractivity contribution is 9.10. The standard InChI is InChI=1S/C13H22BrN5/c1-4-15-12-10(14)8-16-13(17-12)11-9-18(2)6-5-7-19(11)3/h8,11H,4-7,9H2,1-3H3,(H,15,16,17). The smallest absolute Gasteiger partial charge is 0.149 e. The Labute approximate surface area is 123 Å². The lowest BCUT2D eigenvalue weighted by atomic mass is 10.2. The van der Waals surface area contributed by atoms with E-state index >= 15 is 0 Å². The number of aromatic nitrogens is 2. The van der Waals surface area contributed by atoms with Crippen molar-refractivity contribution in [3.05, 3.63) is 16.5 Å². The van der Waals surface area contributed by atoms with Crippen molar-refractivity contribution < 1.29 is 0 Å². The first-order chi connectivity index (χ1) is 9.11. The van der Waals surface area contributed by atoms with Crippen LogP contribution >= 0.6 is 15.9 Å². The van der Waals surface area contributed by atoms with Crippen molar-refractivity contribution in [2.24, 2.45) is 0 Å². The summed E-state index contributed by atoms with van der Waals surface area (Å²) in [5.74, 6) is 1.78. The maximum Gasteiger partial charge on any atom is 0.149 e. The molecular weight excluding hydrogens is 306 g/mol. The van der Waals surface area contributed by atoms with Crippen molar-refractivity contribution in [1.82, 2.24) is 19.8 Å². The quantitative estimate of drug-likeness (QED) is 0.919. The van der Waals surface area contributed by atoms with E-state index in [4.69, 9.17) is 0 Å². The summed E-state index contributed by atoms with van der Waals surface area (Å²) in [5, 5.41) is 3.27. The Hall–Kier alpha value is -0.720. The van der Waals surface area contributed by atoms with Crippen molar-refractivity contribution >= 4 is 21.7 Å². The van der Waals surface area contributed by atoms with Gasteiger partial charge in [0.2, 0.25) is 0 Å². The maximum atomic E-state index is 4.67. The molecule has 1 aliphatic heterocycles. The summed E-state index contributed by atoms with van der Waals surface area (Å²) in [6.07, 6.45) is 3.04. The predicted molar refractivity (Wildman–Crippen MR) is 81.4 cm³/mol. The fraction of sp³-hybridized carbons (Fsp3) is 0.692. The zero-order valence-electron chi connectivity index (χ0n) is 11.9. The van der Waals surface area contributed by atoms with E-state index in [1.165, 1.54) is 6.42 Å². The van der Waals surface area contributed by atoms with E-state index in [1.807, 2.05) is 6.20 Å². The molecule has 1 unspecified atom stereocenters. The van der Waals surface area contributed by atoms with E-state index in [2.05, 4.69) is 62.0 Å². The molecule has 0 bridgehead atoms. The Morgan fingerprint density at radius 2 is 2.21 bits per heavy atom. The topological polar surface area (TPSA) is 44.3 Å². The second kappa shape index (κ2) is 6.63. The normalized spacial score (nSPS) is 22.2. The molecular formula is C13H22BrN5. The van der Waals surface area contributed by atoms with Crippen LogP contribution in [-0.4, -0.2) is 60.0 Å². The number of rotatable bonds is 3. The van der Waals surface area contributed by atoms with Crippen molar-refractivity contribution in [3.8, 4) is 0 Å². The third kappa shape index (κ3) is 3.64. The van der Waals surface area contributed by atoms with Gasteiger partial charge in [-0.3, -0.25) is 4.90 Å². The minimum absolute atomic E-state index is 0.262. The van der Waals surface area contributed by atoms with Crippen LogP contribution in [0, 0.1) is 0 Å². The molecule has 2 rings (SSSR count). The molecule has 1 fully saturated rings. The van der Waals surface area contributed by atoms with Crippen molar-refractivity contribution in [3.63, 3.8) is 0 Å². The molecule has 1 aliphatic rings. The van der Waals surface area contributed by atoms with Gasteiger partial charge in [0, 0.05) is 19.3 Å². The Balaban J connectivity index is 2.25. The lowest BCUT2D eigenvalue weighted by molar-refractivity contribution is 0.219. The number of hydrogen-bond acceptors (Lipinski definition) is 5. The minimum Gasteiger partial charge on any atom is -0.369 e. The Bertz CT molecular complexity index is 425. The SMILES string of the molecule is CCNc1nc(C2CN(C)CCCN2C)ncc1Br. The van der Waals surface area contributed by atoms with Crippen molar-refractivity contribution in [1.29, 1.82) is 0 Å². The first kappa shape index (κ1) is 14.7. The fourth-order valence-corrected chi connectivity index (χ4v) is 2.71. The molecule has 0 aromatic carbocycles. The van der Waals surface area contributed by atoms with Crippen LogP contribution in [-0.2, 0) is 0 Å². The van der Waals surface area contributed by atoms with E-state index in [0.29, 0.717) is 0 Å². The van der Waals surface area contributed by atoms with Crippen molar-refractivity contribution in [2.45, 2.75) is 19.4 Å². The lowest BCUT2D eigenvalue weighted by Gasteiger charge is -2.26. The summed E-state index contributed by atoms with van der Waals surface area (Å²) in [4.78, 5) is 13.9. The first-order valence-electron chi connectivity index (χ1n) is 6.77. The molecule has 1 saturated heterocycles. The molecule has 0 aliphatic carbocycles. The molecule has 0 saturated carbocycles. The zero-order chi connectivity index (χ0) is 13.8. The molecule has 0 spiro atoms. The fourth-order valence-electron chi connectivity index (χ4n) is 2.38. The van der Waals surface area contributed by atoms with Crippen LogP contribution in [0.5, 0.6) is 0 Å². The molecule has 2 heterocycles. The molecule has 1 aromatic heterocycles. The number of halogens is 1. The summed E-state index contributed by atoms with van der Waals surface area (Å²) in [7, 11) is 4.32. The van der Waals surface area contributed by atoms with Gasteiger partial charge in [-0.1, -0.05) is 0 Å². The predicted octanol–water partition coefficient (Wildman–Crippen LogP) is 1.98. The van der Waals surface area contributed by atoms with Gasteiger partial charge in [-0.25, -0.2) is 9.97 Å². The lowest BCUT2D eigenvalue weighted by Crippen LogP contribution is -2.32. The molecule has 0 radical (unpaired) electrons. The highest BCUT2D eigenvalue weighted by Gasteiger charge is 2.24. The van der Waals surface area contributed by atoms with Gasteiger partial charge in [-0.2, -0.15) is 0 Å². The summed E-state index contributed by atoms with van der Waals surface area (Å²) < 4.78 is 0.919. The molecule has 1 aromatic rings. The number of nitrogens with zero attached hydrogens (tertiary/aromatic N) is 4. The van der Waals surface area contributed by atoms with Crippen LogP contribution in [0.15, 0.2) is 10.7 Å². The number of hydrogen-bond donors (Lipinski definition) is 1. The molecule has 0 amide bonds. The Kier molecular flexibility index (Phi) is 5.13. The molecule has 6 heteroatoms. The molecule has 106 valence electrons. The van der Waals surface area contributed by atoms with Gasteiger partial charge < -0.3 is 10.2 Å². The Morgan fingerprint density at radius 1 is 1.42 bits per heavy atom. The van der Waals surface area contributed by atoms with Crippen LogP contribution in [0.3, 0.4) is 0 Å². The number of nitrogens with one attached hydrogen (secondary N) is 1.